The van der Waals surface area contributed by atoms with Crippen molar-refractivity contribution in [1.29, 1.82) is 0 Å². The number of aryl methyl sites for hydroxylation is 2. The third-order valence-electron chi connectivity index (χ3n) is 6.03. The molecule has 0 aliphatic rings. The Morgan fingerprint density at radius 1 is 1.23 bits per heavy atom. The highest BCUT2D eigenvalue weighted by molar-refractivity contribution is 5.89. The van der Waals surface area contributed by atoms with Gasteiger partial charge in [0.15, 0.2) is 5.78 Å². The molecule has 6 heteroatoms. The number of Topliss-reactive ketones (excluding diaryl/α,β-unsaturated/α-hetero) is 1. The fourth-order valence-corrected chi connectivity index (χ4v) is 3.77. The van der Waals surface area contributed by atoms with Gasteiger partial charge in [-0.2, -0.15) is 5.10 Å². The molecule has 0 bridgehead atoms. The maximum absolute atomic E-state index is 13.4. The van der Waals surface area contributed by atoms with Gasteiger partial charge in [-0.1, -0.05) is 48.5 Å². The normalized spacial score (nSPS) is 13.8. The van der Waals surface area contributed by atoms with Crippen LogP contribution in [0.1, 0.15) is 61.8 Å². The van der Waals surface area contributed by atoms with E-state index in [4.69, 9.17) is 4.52 Å². The van der Waals surface area contributed by atoms with E-state index in [-0.39, 0.29) is 17.7 Å². The van der Waals surface area contributed by atoms with Gasteiger partial charge in [0.2, 0.25) is 0 Å². The van der Waals surface area contributed by atoms with Crippen molar-refractivity contribution < 1.29 is 9.32 Å². The third kappa shape index (κ3) is 5.13. The third-order valence-corrected chi connectivity index (χ3v) is 6.03. The molecule has 0 saturated carbocycles. The minimum Gasteiger partial charge on any atom is -0.361 e. The number of carbonyl (C=O) groups is 1. The summed E-state index contributed by atoms with van der Waals surface area (Å²) in [6.45, 7) is 13.1. The molecule has 2 aromatic heterocycles. The van der Waals surface area contributed by atoms with E-state index in [0.717, 1.165) is 28.3 Å². The number of aromatic nitrogens is 3. The first-order chi connectivity index (χ1) is 14.8. The van der Waals surface area contributed by atoms with Crippen LogP contribution in [0.2, 0.25) is 0 Å². The first-order valence-corrected chi connectivity index (χ1v) is 10.7. The van der Waals surface area contributed by atoms with Gasteiger partial charge in [-0.3, -0.25) is 9.48 Å². The van der Waals surface area contributed by atoms with Crippen LogP contribution in [0.25, 0.3) is 0 Å². The first kappa shape index (κ1) is 22.5. The molecule has 0 N–H and O–H groups in total. The molecular weight excluding hydrogens is 388 g/mol. The summed E-state index contributed by atoms with van der Waals surface area (Å²) in [5.74, 6) is 0.719. The first-order valence-electron chi connectivity index (χ1n) is 10.7. The topological polar surface area (TPSA) is 64.2 Å². The van der Waals surface area contributed by atoms with Gasteiger partial charge in [-0.15, -0.1) is 0 Å². The molecule has 3 aromatic rings. The fourth-order valence-electron chi connectivity index (χ4n) is 3.77. The van der Waals surface area contributed by atoms with Gasteiger partial charge >= 0.3 is 0 Å². The molecule has 0 radical (unpaired) electrons. The van der Waals surface area contributed by atoms with Crippen LogP contribution in [0.4, 0.5) is 0 Å². The molecule has 1 aromatic carbocycles. The molecule has 3 rings (SSSR count). The summed E-state index contributed by atoms with van der Waals surface area (Å²) >= 11 is 0. The molecule has 2 atom stereocenters. The van der Waals surface area contributed by atoms with E-state index in [2.05, 4.69) is 40.3 Å². The van der Waals surface area contributed by atoms with E-state index < -0.39 is 0 Å². The lowest BCUT2D eigenvalue weighted by Crippen LogP contribution is -2.39. The van der Waals surface area contributed by atoms with Crippen molar-refractivity contribution in [1.82, 2.24) is 19.8 Å². The molecule has 0 amide bonds. The zero-order valence-corrected chi connectivity index (χ0v) is 19.3. The summed E-state index contributed by atoms with van der Waals surface area (Å²) in [5, 5.41) is 8.47. The van der Waals surface area contributed by atoms with Crippen LogP contribution in [-0.4, -0.2) is 31.7 Å². The Morgan fingerprint density at radius 3 is 2.55 bits per heavy atom. The maximum Gasteiger partial charge on any atom is 0.162 e. The minimum absolute atomic E-state index is 0.175. The number of allylic oxidation sites excluding steroid dienone is 2. The van der Waals surface area contributed by atoms with E-state index in [0.29, 0.717) is 13.1 Å². The largest absolute Gasteiger partial charge is 0.361 e. The van der Waals surface area contributed by atoms with Crippen LogP contribution in [0.5, 0.6) is 0 Å². The SMILES string of the molecule is C/C=C(\C)N(Cc1ccccc1)C(C)C(=O)C(C)c1cnn(Cc2c(C)noc2C)c1. The zero-order valence-electron chi connectivity index (χ0n) is 19.3. The highest BCUT2D eigenvalue weighted by Gasteiger charge is 2.27. The highest BCUT2D eigenvalue weighted by Crippen LogP contribution is 2.23. The predicted molar refractivity (Wildman–Crippen MR) is 122 cm³/mol. The molecule has 0 saturated heterocycles. The number of hydrogen-bond donors (Lipinski definition) is 0. The molecule has 0 spiro atoms. The minimum atomic E-state index is -0.253. The van der Waals surface area contributed by atoms with Crippen LogP contribution < -0.4 is 0 Å². The summed E-state index contributed by atoms with van der Waals surface area (Å²) in [6, 6.07) is 10.00. The molecule has 0 fully saturated rings. The van der Waals surface area contributed by atoms with Gasteiger partial charge in [0, 0.05) is 35.5 Å². The Balaban J connectivity index is 1.75. The summed E-state index contributed by atoms with van der Waals surface area (Å²) in [7, 11) is 0. The van der Waals surface area contributed by atoms with Crippen LogP contribution in [-0.2, 0) is 17.9 Å². The van der Waals surface area contributed by atoms with Gasteiger partial charge in [0.05, 0.1) is 24.5 Å². The second-order valence-corrected chi connectivity index (χ2v) is 8.12. The highest BCUT2D eigenvalue weighted by atomic mass is 16.5. The molecule has 31 heavy (non-hydrogen) atoms. The lowest BCUT2D eigenvalue weighted by Gasteiger charge is -2.32. The number of nitrogens with zero attached hydrogens (tertiary/aromatic N) is 4. The second kappa shape index (κ2) is 9.77. The average molecular weight is 421 g/mol. The standard InChI is InChI=1S/C25H32N4O2/c1-7-17(2)29(14-22-11-9-8-10-12-22)20(5)25(30)18(3)23-13-26-28(15-23)16-24-19(4)27-31-21(24)6/h7-13,15,18,20H,14,16H2,1-6H3/b17-7+. The quantitative estimate of drug-likeness (QED) is 0.486. The van der Waals surface area contributed by atoms with Crippen molar-refractivity contribution in [2.45, 2.75) is 66.6 Å². The monoisotopic (exact) mass is 420 g/mol. The van der Waals surface area contributed by atoms with Crippen LogP contribution in [0.3, 0.4) is 0 Å². The molecule has 6 nitrogen and oxygen atoms in total. The van der Waals surface area contributed by atoms with Gasteiger partial charge in [0.25, 0.3) is 0 Å². The molecule has 2 heterocycles. The predicted octanol–water partition coefficient (Wildman–Crippen LogP) is 5.02. The fraction of sp³-hybridized carbons (Fsp3) is 0.400. The van der Waals surface area contributed by atoms with E-state index >= 15 is 0 Å². The van der Waals surface area contributed by atoms with Crippen LogP contribution in [0.15, 0.2) is 59.0 Å². The summed E-state index contributed by atoms with van der Waals surface area (Å²) < 4.78 is 7.09. The van der Waals surface area contributed by atoms with E-state index in [1.54, 1.807) is 6.20 Å². The van der Waals surface area contributed by atoms with Crippen molar-refractivity contribution in [3.63, 3.8) is 0 Å². The van der Waals surface area contributed by atoms with Gasteiger partial charge in [-0.05, 0) is 40.2 Å². The van der Waals surface area contributed by atoms with Crippen molar-refractivity contribution >= 4 is 5.78 Å². The Labute approximate surface area is 184 Å². The smallest absolute Gasteiger partial charge is 0.162 e. The second-order valence-electron chi connectivity index (χ2n) is 8.12. The molecule has 0 aliphatic heterocycles. The lowest BCUT2D eigenvalue weighted by molar-refractivity contribution is -0.124. The van der Waals surface area contributed by atoms with E-state index in [9.17, 15) is 4.79 Å². The van der Waals surface area contributed by atoms with Crippen molar-refractivity contribution in [2.24, 2.45) is 0 Å². The van der Waals surface area contributed by atoms with Gasteiger partial charge < -0.3 is 9.42 Å². The molecule has 164 valence electrons. The molecule has 2 unspecified atom stereocenters. The summed E-state index contributed by atoms with van der Waals surface area (Å²) in [4.78, 5) is 15.6. The Kier molecular flexibility index (Phi) is 7.10. The molecule has 0 aliphatic carbocycles. The zero-order chi connectivity index (χ0) is 22.5. The summed E-state index contributed by atoms with van der Waals surface area (Å²) in [6.07, 6.45) is 5.79. The van der Waals surface area contributed by atoms with Crippen molar-refractivity contribution in [3.8, 4) is 0 Å². The summed E-state index contributed by atoms with van der Waals surface area (Å²) in [5.41, 5.74) is 5.08. The Bertz CT molecular complexity index is 1030. The number of carbonyl (C=O) groups excluding carboxylic acids is 1. The van der Waals surface area contributed by atoms with Crippen LogP contribution >= 0.6 is 0 Å². The average Bonchev–Trinajstić information content (AvgIpc) is 3.38. The van der Waals surface area contributed by atoms with Gasteiger partial charge in [0.1, 0.15) is 5.76 Å². The Morgan fingerprint density at radius 2 is 1.94 bits per heavy atom. The van der Waals surface area contributed by atoms with E-state index in [1.807, 2.05) is 63.7 Å². The van der Waals surface area contributed by atoms with Crippen molar-refractivity contribution in [3.05, 3.63) is 82.6 Å². The number of hydrogen-bond acceptors (Lipinski definition) is 5. The van der Waals surface area contributed by atoms with Crippen LogP contribution in [0, 0.1) is 13.8 Å². The van der Waals surface area contributed by atoms with Crippen molar-refractivity contribution in [2.75, 3.05) is 0 Å². The maximum atomic E-state index is 13.4. The number of benzene rings is 1. The lowest BCUT2D eigenvalue weighted by atomic mass is 9.94. The molecular formula is C25H32N4O2. The van der Waals surface area contributed by atoms with E-state index in [1.165, 1.54) is 5.56 Å². The number of ketones is 1. The Hall–Kier alpha value is -3.15. The number of rotatable bonds is 9. The van der Waals surface area contributed by atoms with Gasteiger partial charge in [-0.25, -0.2) is 0 Å².